The molecule has 1 heterocycles. The van der Waals surface area contributed by atoms with E-state index in [0.717, 1.165) is 16.4 Å². The van der Waals surface area contributed by atoms with Gasteiger partial charge in [0.25, 0.3) is 0 Å². The molecule has 1 aromatic heterocycles. The van der Waals surface area contributed by atoms with Crippen molar-refractivity contribution >= 4 is 34.5 Å². The van der Waals surface area contributed by atoms with Crippen LogP contribution in [-0.4, -0.2) is 17.2 Å². The minimum Gasteiger partial charge on any atom is -0.456 e. The summed E-state index contributed by atoms with van der Waals surface area (Å²) in [5.41, 5.74) is 1.69. The third-order valence-corrected chi connectivity index (χ3v) is 2.71. The van der Waals surface area contributed by atoms with Gasteiger partial charge >= 0.3 is 7.12 Å². The van der Waals surface area contributed by atoms with E-state index in [2.05, 4.69) is 0 Å². The molecule has 16 heavy (non-hydrogen) atoms. The van der Waals surface area contributed by atoms with Gasteiger partial charge in [0.1, 0.15) is 11.2 Å². The van der Waals surface area contributed by atoms with Gasteiger partial charge in [-0.15, -0.1) is 0 Å². The van der Waals surface area contributed by atoms with E-state index in [4.69, 9.17) is 4.42 Å². The molecule has 0 radical (unpaired) electrons. The van der Waals surface area contributed by atoms with E-state index in [1.54, 1.807) is 12.1 Å². The molecule has 2 N–H and O–H groups in total. The quantitative estimate of drug-likeness (QED) is 0.609. The lowest BCUT2D eigenvalue weighted by Crippen LogP contribution is -2.29. The van der Waals surface area contributed by atoms with Crippen LogP contribution < -0.4 is 5.46 Å². The van der Waals surface area contributed by atoms with Crippen LogP contribution in [0.1, 0.15) is 2.85 Å². The molecule has 2 aromatic carbocycles. The van der Waals surface area contributed by atoms with Crippen LogP contribution in [-0.2, 0) is 0 Å². The molecular formula is C12H13BO3. The van der Waals surface area contributed by atoms with E-state index >= 15 is 0 Å². The Balaban J connectivity index is 0.000000810. The van der Waals surface area contributed by atoms with E-state index in [-0.39, 0.29) is 2.85 Å². The Morgan fingerprint density at radius 3 is 2.50 bits per heavy atom. The first-order valence-electron chi connectivity index (χ1n) is 5.03. The summed E-state index contributed by atoms with van der Waals surface area (Å²) in [6.07, 6.45) is 0. The highest BCUT2D eigenvalue weighted by Crippen LogP contribution is 2.26. The van der Waals surface area contributed by atoms with Crippen molar-refractivity contribution in [1.29, 1.82) is 0 Å². The highest BCUT2D eigenvalue weighted by Gasteiger charge is 2.18. The molecule has 0 bridgehead atoms. The molecule has 0 saturated heterocycles. The zero-order chi connectivity index (χ0) is 11.1. The molecule has 0 unspecified atom stereocenters. The van der Waals surface area contributed by atoms with Crippen LogP contribution in [0.4, 0.5) is 0 Å². The Labute approximate surface area is 95.0 Å². The van der Waals surface area contributed by atoms with Crippen molar-refractivity contribution in [2.24, 2.45) is 0 Å². The fraction of sp³-hybridized carbons (Fsp3) is 0. The molecule has 0 aliphatic heterocycles. The summed E-state index contributed by atoms with van der Waals surface area (Å²) < 4.78 is 5.62. The van der Waals surface area contributed by atoms with Crippen molar-refractivity contribution in [3.05, 3.63) is 42.5 Å². The smallest absolute Gasteiger partial charge is 0.456 e. The average Bonchev–Trinajstić information content (AvgIpc) is 2.67. The minimum atomic E-state index is -1.51. The van der Waals surface area contributed by atoms with E-state index in [1.807, 2.05) is 30.3 Å². The summed E-state index contributed by atoms with van der Waals surface area (Å²) in [7, 11) is -1.51. The summed E-state index contributed by atoms with van der Waals surface area (Å²) in [6.45, 7) is 0. The van der Waals surface area contributed by atoms with Gasteiger partial charge in [0, 0.05) is 19.1 Å². The van der Waals surface area contributed by atoms with Crippen molar-refractivity contribution < 1.29 is 17.3 Å². The number of para-hydroxylation sites is 2. The Hall–Kier alpha value is -1.78. The Morgan fingerprint density at radius 2 is 1.69 bits per heavy atom. The molecule has 0 atom stereocenters. The fourth-order valence-corrected chi connectivity index (χ4v) is 1.97. The highest BCUT2D eigenvalue weighted by molar-refractivity contribution is 6.61. The predicted molar refractivity (Wildman–Crippen MR) is 67.8 cm³/mol. The zero-order valence-electron chi connectivity index (χ0n) is 8.42. The third kappa shape index (κ3) is 1.24. The molecule has 0 aliphatic carbocycles. The number of furan rings is 1. The van der Waals surface area contributed by atoms with Gasteiger partial charge in [0.05, 0.1) is 0 Å². The lowest BCUT2D eigenvalue weighted by atomic mass is 9.79. The van der Waals surface area contributed by atoms with Gasteiger partial charge in [-0.2, -0.15) is 0 Å². The van der Waals surface area contributed by atoms with Crippen molar-refractivity contribution in [2.45, 2.75) is 0 Å². The molecule has 3 nitrogen and oxygen atoms in total. The van der Waals surface area contributed by atoms with Crippen LogP contribution in [0.5, 0.6) is 0 Å². The maximum absolute atomic E-state index is 9.24. The van der Waals surface area contributed by atoms with Crippen molar-refractivity contribution in [3.8, 4) is 0 Å². The lowest BCUT2D eigenvalue weighted by molar-refractivity contribution is 0.425. The van der Waals surface area contributed by atoms with Gasteiger partial charge in [-0.3, -0.25) is 0 Å². The average molecular weight is 216 g/mol. The molecule has 82 valence electrons. The lowest BCUT2D eigenvalue weighted by Gasteiger charge is -1.98. The van der Waals surface area contributed by atoms with Crippen LogP contribution in [0.3, 0.4) is 0 Å². The van der Waals surface area contributed by atoms with E-state index in [1.165, 1.54) is 0 Å². The monoisotopic (exact) mass is 216 g/mol. The SMILES string of the molecule is OB(O)c1cccc2c1oc1ccccc12.[HH].[HH]. The van der Waals surface area contributed by atoms with Gasteiger partial charge in [0.2, 0.25) is 0 Å². The largest absolute Gasteiger partial charge is 0.492 e. The summed E-state index contributed by atoms with van der Waals surface area (Å²) in [4.78, 5) is 0. The summed E-state index contributed by atoms with van der Waals surface area (Å²) in [5, 5.41) is 20.4. The topological polar surface area (TPSA) is 53.6 Å². The van der Waals surface area contributed by atoms with Crippen molar-refractivity contribution in [1.82, 2.24) is 0 Å². The molecule has 0 amide bonds. The molecule has 3 rings (SSSR count). The number of rotatable bonds is 1. The number of fused-ring (bicyclic) bond motifs is 3. The first-order valence-corrected chi connectivity index (χ1v) is 5.03. The summed E-state index contributed by atoms with van der Waals surface area (Å²) in [5.74, 6) is 0. The zero-order valence-corrected chi connectivity index (χ0v) is 8.42. The molecule has 0 fully saturated rings. The normalized spacial score (nSPS) is 11.1. The summed E-state index contributed by atoms with van der Waals surface area (Å²) >= 11 is 0. The molecule has 0 aliphatic rings. The van der Waals surface area contributed by atoms with Crippen LogP contribution in [0.25, 0.3) is 21.9 Å². The Morgan fingerprint density at radius 1 is 0.938 bits per heavy atom. The maximum atomic E-state index is 9.24. The second-order valence-electron chi connectivity index (χ2n) is 3.70. The minimum absolute atomic E-state index is 0. The van der Waals surface area contributed by atoms with Crippen LogP contribution >= 0.6 is 0 Å². The molecule has 4 heteroatoms. The van der Waals surface area contributed by atoms with Gasteiger partial charge < -0.3 is 14.5 Å². The standard InChI is InChI=1S/C12H9BO3.2H2/c14-13(15)10-6-3-5-9-8-4-1-2-7-11(8)16-12(9)10;;/h1-7,14-15H;2*1H. The van der Waals surface area contributed by atoms with Crippen molar-refractivity contribution in [2.75, 3.05) is 0 Å². The second-order valence-corrected chi connectivity index (χ2v) is 3.70. The number of benzene rings is 2. The molecule has 0 spiro atoms. The van der Waals surface area contributed by atoms with Crippen LogP contribution in [0.2, 0.25) is 0 Å². The van der Waals surface area contributed by atoms with E-state index < -0.39 is 7.12 Å². The molecular weight excluding hydrogens is 203 g/mol. The fourth-order valence-electron chi connectivity index (χ4n) is 1.97. The number of hydrogen-bond donors (Lipinski definition) is 2. The van der Waals surface area contributed by atoms with Crippen LogP contribution in [0.15, 0.2) is 46.9 Å². The first kappa shape index (κ1) is 9.45. The third-order valence-electron chi connectivity index (χ3n) is 2.71. The van der Waals surface area contributed by atoms with Gasteiger partial charge in [-0.1, -0.05) is 36.4 Å². The predicted octanol–water partition coefficient (Wildman–Crippen LogP) is 1.76. The summed E-state index contributed by atoms with van der Waals surface area (Å²) in [6, 6.07) is 13.0. The second kappa shape index (κ2) is 3.37. The highest BCUT2D eigenvalue weighted by atomic mass is 16.4. The van der Waals surface area contributed by atoms with Crippen molar-refractivity contribution in [3.63, 3.8) is 0 Å². The van der Waals surface area contributed by atoms with E-state index in [9.17, 15) is 10.0 Å². The maximum Gasteiger partial charge on any atom is 0.492 e. The molecule has 0 saturated carbocycles. The number of hydrogen-bond acceptors (Lipinski definition) is 3. The first-order chi connectivity index (χ1) is 7.77. The van der Waals surface area contributed by atoms with Gasteiger partial charge in [0.15, 0.2) is 0 Å². The van der Waals surface area contributed by atoms with Gasteiger partial charge in [-0.25, -0.2) is 0 Å². The van der Waals surface area contributed by atoms with Gasteiger partial charge in [-0.05, 0) is 6.07 Å². The van der Waals surface area contributed by atoms with E-state index in [0.29, 0.717) is 11.0 Å². The Kier molecular flexibility index (Phi) is 1.99. The molecule has 3 aromatic rings. The Bertz CT molecular complexity index is 667. The van der Waals surface area contributed by atoms with Crippen LogP contribution in [0, 0.1) is 0 Å².